The first-order chi connectivity index (χ1) is 12.5. The fourth-order valence-corrected chi connectivity index (χ4v) is 3.75. The van der Waals surface area contributed by atoms with Gasteiger partial charge in [0.2, 0.25) is 0 Å². The molecule has 0 saturated carbocycles. The standard InChI is InChI=1S/C21H17NO4/c1-11-16(21(25)26-2)17(14-9-5-6-10-15(14)23)18-19(22-11)12-7-3-4-8-13(12)20(18)24/h3-10,17,22-23H,1-2H3/t17-/m1/s1. The molecular weight excluding hydrogens is 330 g/mol. The van der Waals surface area contributed by atoms with Crippen molar-refractivity contribution < 1.29 is 19.4 Å². The van der Waals surface area contributed by atoms with Crippen molar-refractivity contribution in [3.63, 3.8) is 0 Å². The zero-order valence-electron chi connectivity index (χ0n) is 14.4. The van der Waals surface area contributed by atoms with Crippen LogP contribution >= 0.6 is 0 Å². The molecule has 1 atom stereocenters. The zero-order valence-corrected chi connectivity index (χ0v) is 14.4. The Labute approximate surface area is 150 Å². The Kier molecular flexibility index (Phi) is 3.65. The number of hydrogen-bond acceptors (Lipinski definition) is 5. The van der Waals surface area contributed by atoms with Crippen LogP contribution in [0.3, 0.4) is 0 Å². The highest BCUT2D eigenvalue weighted by Gasteiger charge is 2.43. The highest BCUT2D eigenvalue weighted by Crippen LogP contribution is 2.48. The molecule has 0 radical (unpaired) electrons. The number of ether oxygens (including phenoxy) is 1. The van der Waals surface area contributed by atoms with Crippen LogP contribution in [0.1, 0.15) is 34.3 Å². The van der Waals surface area contributed by atoms with E-state index in [9.17, 15) is 14.7 Å². The van der Waals surface area contributed by atoms with Gasteiger partial charge in [0.05, 0.1) is 24.3 Å². The summed E-state index contributed by atoms with van der Waals surface area (Å²) in [6, 6.07) is 14.1. The van der Waals surface area contributed by atoms with Gasteiger partial charge in [0, 0.05) is 28.0 Å². The molecule has 0 spiro atoms. The summed E-state index contributed by atoms with van der Waals surface area (Å²) < 4.78 is 4.96. The van der Waals surface area contributed by atoms with Crippen molar-refractivity contribution in [3.05, 3.63) is 82.1 Å². The number of methoxy groups -OCH3 is 1. The average Bonchev–Trinajstić information content (AvgIpc) is 2.93. The third-order valence-corrected chi connectivity index (χ3v) is 4.90. The topological polar surface area (TPSA) is 75.6 Å². The van der Waals surface area contributed by atoms with Gasteiger partial charge >= 0.3 is 5.97 Å². The number of carbonyl (C=O) groups excluding carboxylic acids is 2. The molecule has 0 amide bonds. The number of rotatable bonds is 2. The molecule has 5 heteroatoms. The lowest BCUT2D eigenvalue weighted by molar-refractivity contribution is -0.136. The molecule has 5 nitrogen and oxygen atoms in total. The maximum atomic E-state index is 13.1. The second-order valence-corrected chi connectivity index (χ2v) is 6.31. The van der Waals surface area contributed by atoms with Gasteiger partial charge in [0.15, 0.2) is 5.78 Å². The molecular formula is C21H17NO4. The second-order valence-electron chi connectivity index (χ2n) is 6.31. The summed E-state index contributed by atoms with van der Waals surface area (Å²) in [6.45, 7) is 1.77. The van der Waals surface area contributed by atoms with Crippen LogP contribution in [0.15, 0.2) is 65.4 Å². The number of phenolic OH excluding ortho intramolecular Hbond substituents is 1. The molecule has 4 rings (SSSR count). The molecule has 0 fully saturated rings. The lowest BCUT2D eigenvalue weighted by Gasteiger charge is -2.29. The number of Topliss-reactive ketones (excluding diaryl/α,β-unsaturated/α-hetero) is 1. The van der Waals surface area contributed by atoms with Crippen molar-refractivity contribution in [1.29, 1.82) is 0 Å². The minimum atomic E-state index is -0.695. The number of phenols is 1. The molecule has 2 aromatic rings. The molecule has 0 aromatic heterocycles. The maximum Gasteiger partial charge on any atom is 0.336 e. The zero-order chi connectivity index (χ0) is 18.4. The van der Waals surface area contributed by atoms with Crippen molar-refractivity contribution in [2.45, 2.75) is 12.8 Å². The molecule has 130 valence electrons. The number of dihydropyridines is 1. The number of para-hydroxylation sites is 1. The van der Waals surface area contributed by atoms with Crippen LogP contribution in [0.25, 0.3) is 5.70 Å². The number of fused-ring (bicyclic) bond motifs is 2. The van der Waals surface area contributed by atoms with Gasteiger partial charge in [0.1, 0.15) is 5.75 Å². The predicted molar refractivity (Wildman–Crippen MR) is 96.4 cm³/mol. The Bertz CT molecular complexity index is 1020. The van der Waals surface area contributed by atoms with E-state index >= 15 is 0 Å². The van der Waals surface area contributed by atoms with Crippen LogP contribution in [0.4, 0.5) is 0 Å². The van der Waals surface area contributed by atoms with E-state index in [1.807, 2.05) is 18.2 Å². The fourth-order valence-electron chi connectivity index (χ4n) is 3.75. The first-order valence-corrected chi connectivity index (χ1v) is 8.26. The van der Waals surface area contributed by atoms with Gasteiger partial charge < -0.3 is 15.2 Å². The third kappa shape index (κ3) is 2.17. The number of benzene rings is 2. The summed E-state index contributed by atoms with van der Waals surface area (Å²) >= 11 is 0. The predicted octanol–water partition coefficient (Wildman–Crippen LogP) is 3.13. The summed E-state index contributed by atoms with van der Waals surface area (Å²) in [5.41, 5.74) is 3.97. The van der Waals surface area contributed by atoms with Crippen molar-refractivity contribution in [1.82, 2.24) is 5.32 Å². The van der Waals surface area contributed by atoms with Crippen LogP contribution < -0.4 is 5.32 Å². The minimum absolute atomic E-state index is 0.0317. The highest BCUT2D eigenvalue weighted by molar-refractivity contribution is 6.23. The quantitative estimate of drug-likeness (QED) is 0.817. The number of aromatic hydroxyl groups is 1. The smallest absolute Gasteiger partial charge is 0.336 e. The summed E-state index contributed by atoms with van der Waals surface area (Å²) in [7, 11) is 1.31. The van der Waals surface area contributed by atoms with E-state index in [2.05, 4.69) is 5.32 Å². The second kappa shape index (κ2) is 5.88. The molecule has 0 unspecified atom stereocenters. The molecule has 2 aromatic carbocycles. The lowest BCUT2D eigenvalue weighted by atomic mass is 9.79. The number of nitrogens with one attached hydrogen (secondary N) is 1. The van der Waals surface area contributed by atoms with Crippen molar-refractivity contribution in [3.8, 4) is 5.75 Å². The van der Waals surface area contributed by atoms with E-state index in [0.717, 1.165) is 5.56 Å². The molecule has 0 bridgehead atoms. The summed E-state index contributed by atoms with van der Waals surface area (Å²) in [4.78, 5) is 25.6. The van der Waals surface area contributed by atoms with E-state index in [0.29, 0.717) is 33.7 Å². The van der Waals surface area contributed by atoms with Gasteiger partial charge in [-0.2, -0.15) is 0 Å². The van der Waals surface area contributed by atoms with E-state index in [1.54, 1.807) is 37.3 Å². The fraction of sp³-hybridized carbons (Fsp3) is 0.143. The molecule has 0 saturated heterocycles. The van der Waals surface area contributed by atoms with E-state index in [4.69, 9.17) is 4.74 Å². The number of hydrogen-bond donors (Lipinski definition) is 2. The van der Waals surface area contributed by atoms with Gasteiger partial charge in [-0.05, 0) is 13.0 Å². The SMILES string of the molecule is COC(=O)C1=C(C)NC2=C(C(=O)c3ccccc32)[C@@H]1c1ccccc1O. The normalized spacial score (nSPS) is 18.4. The highest BCUT2D eigenvalue weighted by atomic mass is 16.5. The van der Waals surface area contributed by atoms with Gasteiger partial charge in [-0.15, -0.1) is 0 Å². The summed E-state index contributed by atoms with van der Waals surface area (Å²) in [5.74, 6) is -1.34. The largest absolute Gasteiger partial charge is 0.508 e. The Balaban J connectivity index is 1.99. The Morgan fingerprint density at radius 3 is 2.42 bits per heavy atom. The van der Waals surface area contributed by atoms with Crippen molar-refractivity contribution in [2.75, 3.05) is 7.11 Å². The Hall–Kier alpha value is -3.34. The first kappa shape index (κ1) is 16.1. The molecule has 26 heavy (non-hydrogen) atoms. The van der Waals surface area contributed by atoms with Crippen LogP contribution in [0, 0.1) is 0 Å². The number of ketones is 1. The third-order valence-electron chi connectivity index (χ3n) is 4.90. The first-order valence-electron chi connectivity index (χ1n) is 8.26. The van der Waals surface area contributed by atoms with Gasteiger partial charge in [-0.1, -0.05) is 42.5 Å². The Morgan fingerprint density at radius 2 is 1.73 bits per heavy atom. The van der Waals surface area contributed by atoms with E-state index < -0.39 is 11.9 Å². The van der Waals surface area contributed by atoms with Gasteiger partial charge in [0.25, 0.3) is 0 Å². The molecule has 2 N–H and O–H groups in total. The monoisotopic (exact) mass is 347 g/mol. The van der Waals surface area contributed by atoms with Crippen LogP contribution in [-0.2, 0) is 9.53 Å². The van der Waals surface area contributed by atoms with Crippen molar-refractivity contribution in [2.24, 2.45) is 0 Å². The number of allylic oxidation sites excluding steroid dienone is 2. The molecule has 1 heterocycles. The van der Waals surface area contributed by atoms with E-state index in [-0.39, 0.29) is 11.5 Å². The number of carbonyl (C=O) groups is 2. The maximum absolute atomic E-state index is 13.1. The Morgan fingerprint density at radius 1 is 1.08 bits per heavy atom. The van der Waals surface area contributed by atoms with E-state index in [1.165, 1.54) is 7.11 Å². The lowest BCUT2D eigenvalue weighted by Crippen LogP contribution is -2.29. The van der Waals surface area contributed by atoms with Crippen molar-refractivity contribution >= 4 is 17.4 Å². The average molecular weight is 347 g/mol. The van der Waals surface area contributed by atoms with Gasteiger partial charge in [-0.3, -0.25) is 4.79 Å². The number of esters is 1. The minimum Gasteiger partial charge on any atom is -0.508 e. The molecule has 1 aliphatic carbocycles. The summed E-state index contributed by atoms with van der Waals surface area (Å²) in [5, 5.41) is 13.6. The van der Waals surface area contributed by atoms with Crippen LogP contribution in [0.2, 0.25) is 0 Å². The molecule has 1 aliphatic heterocycles. The van der Waals surface area contributed by atoms with Crippen LogP contribution in [0.5, 0.6) is 5.75 Å². The summed E-state index contributed by atoms with van der Waals surface area (Å²) in [6.07, 6.45) is 0. The van der Waals surface area contributed by atoms with Crippen LogP contribution in [-0.4, -0.2) is 24.0 Å². The molecule has 2 aliphatic rings. The van der Waals surface area contributed by atoms with Gasteiger partial charge in [-0.25, -0.2) is 4.79 Å².